The molecule has 2 aliphatic carbocycles. The van der Waals surface area contributed by atoms with Crippen LogP contribution in [0.1, 0.15) is 37.4 Å². The standard InChI is InChI=1S/C18H24N2O/c1-18(11-21,12-6-7-12)20-13-8-9-17-15(10-13)14-4-2-3-5-16(14)19-17/h2-5,12-13,19-21H,6-11H2,1H3. The summed E-state index contributed by atoms with van der Waals surface area (Å²) in [5.74, 6) is 0.659. The second kappa shape index (κ2) is 4.85. The lowest BCUT2D eigenvalue weighted by Gasteiger charge is -2.36. The van der Waals surface area contributed by atoms with Gasteiger partial charge in [-0.1, -0.05) is 18.2 Å². The molecule has 1 fully saturated rings. The van der Waals surface area contributed by atoms with E-state index in [0.29, 0.717) is 12.0 Å². The predicted octanol–water partition coefficient (Wildman–Crippen LogP) is 2.78. The molecule has 2 unspecified atom stereocenters. The van der Waals surface area contributed by atoms with E-state index >= 15 is 0 Å². The maximum absolute atomic E-state index is 9.78. The third-order valence-corrected chi connectivity index (χ3v) is 5.44. The fourth-order valence-corrected chi connectivity index (χ4v) is 3.97. The number of para-hydroxylation sites is 1. The molecule has 112 valence electrons. The van der Waals surface area contributed by atoms with Crippen molar-refractivity contribution in [1.82, 2.24) is 10.3 Å². The molecule has 1 aromatic heterocycles. The van der Waals surface area contributed by atoms with E-state index in [1.807, 2.05) is 0 Å². The zero-order valence-corrected chi connectivity index (χ0v) is 12.7. The van der Waals surface area contributed by atoms with E-state index in [9.17, 15) is 5.11 Å². The number of fused-ring (bicyclic) bond motifs is 3. The first-order valence-corrected chi connectivity index (χ1v) is 8.16. The number of benzene rings is 1. The predicted molar refractivity (Wildman–Crippen MR) is 85.5 cm³/mol. The van der Waals surface area contributed by atoms with Crippen molar-refractivity contribution in [3.63, 3.8) is 0 Å². The molecule has 21 heavy (non-hydrogen) atoms. The summed E-state index contributed by atoms with van der Waals surface area (Å²) in [6.07, 6.45) is 5.85. The van der Waals surface area contributed by atoms with Crippen LogP contribution in [0.4, 0.5) is 0 Å². The van der Waals surface area contributed by atoms with Crippen molar-refractivity contribution in [3.8, 4) is 0 Å². The molecule has 1 saturated carbocycles. The topological polar surface area (TPSA) is 48.0 Å². The summed E-state index contributed by atoms with van der Waals surface area (Å²) >= 11 is 0. The summed E-state index contributed by atoms with van der Waals surface area (Å²) in [7, 11) is 0. The molecule has 1 aromatic carbocycles. The van der Waals surface area contributed by atoms with Crippen molar-refractivity contribution < 1.29 is 5.11 Å². The zero-order chi connectivity index (χ0) is 14.4. The van der Waals surface area contributed by atoms with Crippen LogP contribution >= 0.6 is 0 Å². The van der Waals surface area contributed by atoms with E-state index < -0.39 is 0 Å². The molecular formula is C18H24N2O. The minimum atomic E-state index is -0.0890. The van der Waals surface area contributed by atoms with Crippen LogP contribution in [0.3, 0.4) is 0 Å². The molecule has 0 aliphatic heterocycles. The number of H-pyrrole nitrogens is 1. The van der Waals surface area contributed by atoms with Crippen LogP contribution in [0, 0.1) is 5.92 Å². The number of aryl methyl sites for hydroxylation is 1. The Balaban J connectivity index is 1.58. The number of rotatable bonds is 4. The van der Waals surface area contributed by atoms with Crippen LogP contribution < -0.4 is 5.32 Å². The second-order valence-corrected chi connectivity index (χ2v) is 7.06. The molecule has 4 rings (SSSR count). The highest BCUT2D eigenvalue weighted by Gasteiger charge is 2.42. The van der Waals surface area contributed by atoms with Gasteiger partial charge in [-0.15, -0.1) is 0 Å². The fourth-order valence-electron chi connectivity index (χ4n) is 3.97. The van der Waals surface area contributed by atoms with Crippen LogP contribution in [-0.4, -0.2) is 28.3 Å². The Kier molecular flexibility index (Phi) is 3.09. The number of aliphatic hydroxyl groups excluding tert-OH is 1. The first-order valence-electron chi connectivity index (χ1n) is 8.16. The van der Waals surface area contributed by atoms with Gasteiger partial charge in [-0.2, -0.15) is 0 Å². The lowest BCUT2D eigenvalue weighted by molar-refractivity contribution is 0.138. The van der Waals surface area contributed by atoms with Gasteiger partial charge >= 0.3 is 0 Å². The van der Waals surface area contributed by atoms with Gasteiger partial charge < -0.3 is 15.4 Å². The largest absolute Gasteiger partial charge is 0.394 e. The number of hydrogen-bond donors (Lipinski definition) is 3. The summed E-state index contributed by atoms with van der Waals surface area (Å²) in [4.78, 5) is 3.57. The van der Waals surface area contributed by atoms with Crippen molar-refractivity contribution in [1.29, 1.82) is 0 Å². The maximum Gasteiger partial charge on any atom is 0.0613 e. The number of aromatic amines is 1. The molecule has 1 heterocycles. The molecule has 3 nitrogen and oxygen atoms in total. The third-order valence-electron chi connectivity index (χ3n) is 5.44. The van der Waals surface area contributed by atoms with Gasteiger partial charge in [0.25, 0.3) is 0 Å². The van der Waals surface area contributed by atoms with Crippen molar-refractivity contribution in [2.75, 3.05) is 6.61 Å². The molecule has 2 atom stereocenters. The third kappa shape index (κ3) is 2.29. The van der Waals surface area contributed by atoms with Gasteiger partial charge in [0.05, 0.1) is 6.61 Å². The molecule has 0 radical (unpaired) electrons. The lowest BCUT2D eigenvalue weighted by Crippen LogP contribution is -2.54. The average molecular weight is 284 g/mol. The van der Waals surface area contributed by atoms with Gasteiger partial charge in [0.1, 0.15) is 0 Å². The van der Waals surface area contributed by atoms with Crippen LogP contribution in [-0.2, 0) is 12.8 Å². The van der Waals surface area contributed by atoms with Crippen molar-refractivity contribution in [2.45, 2.75) is 50.6 Å². The highest BCUT2D eigenvalue weighted by Crippen LogP contribution is 2.40. The Hall–Kier alpha value is -1.32. The Morgan fingerprint density at radius 3 is 2.86 bits per heavy atom. The average Bonchev–Trinajstić information content (AvgIpc) is 3.30. The second-order valence-electron chi connectivity index (χ2n) is 7.06. The molecule has 0 bridgehead atoms. The molecule has 3 heteroatoms. The molecule has 0 amide bonds. The molecule has 2 aliphatic rings. The zero-order valence-electron chi connectivity index (χ0n) is 12.7. The number of aromatic nitrogens is 1. The van der Waals surface area contributed by atoms with Gasteiger partial charge in [0.2, 0.25) is 0 Å². The van der Waals surface area contributed by atoms with Gasteiger partial charge in [0.15, 0.2) is 0 Å². The SMILES string of the molecule is CC(CO)(NC1CCc2[nH]c3ccccc3c2C1)C1CC1. The normalized spacial score (nSPS) is 24.8. The minimum Gasteiger partial charge on any atom is -0.394 e. The summed E-state index contributed by atoms with van der Waals surface area (Å²) in [5, 5.41) is 14.9. The fraction of sp³-hybridized carbons (Fsp3) is 0.556. The summed E-state index contributed by atoms with van der Waals surface area (Å²) in [6.45, 7) is 2.43. The van der Waals surface area contributed by atoms with Gasteiger partial charge in [0, 0.05) is 28.2 Å². The number of nitrogens with one attached hydrogen (secondary N) is 2. The monoisotopic (exact) mass is 284 g/mol. The van der Waals surface area contributed by atoms with Crippen LogP contribution in [0.2, 0.25) is 0 Å². The van der Waals surface area contributed by atoms with Crippen molar-refractivity contribution in [2.24, 2.45) is 5.92 Å². The van der Waals surface area contributed by atoms with Crippen LogP contribution in [0.25, 0.3) is 10.9 Å². The molecule has 0 spiro atoms. The molecular weight excluding hydrogens is 260 g/mol. The van der Waals surface area contributed by atoms with E-state index in [-0.39, 0.29) is 12.1 Å². The maximum atomic E-state index is 9.78. The van der Waals surface area contributed by atoms with E-state index in [1.54, 1.807) is 0 Å². The smallest absolute Gasteiger partial charge is 0.0613 e. The van der Waals surface area contributed by atoms with E-state index in [0.717, 1.165) is 19.3 Å². The van der Waals surface area contributed by atoms with Crippen molar-refractivity contribution in [3.05, 3.63) is 35.5 Å². The summed E-state index contributed by atoms with van der Waals surface area (Å²) in [5.41, 5.74) is 4.06. The Morgan fingerprint density at radius 1 is 1.29 bits per heavy atom. The Morgan fingerprint density at radius 2 is 2.10 bits per heavy atom. The van der Waals surface area contributed by atoms with E-state index in [4.69, 9.17) is 0 Å². The van der Waals surface area contributed by atoms with E-state index in [2.05, 4.69) is 41.5 Å². The first kappa shape index (κ1) is 13.4. The number of aliphatic hydroxyl groups is 1. The molecule has 3 N–H and O–H groups in total. The molecule has 0 saturated heterocycles. The van der Waals surface area contributed by atoms with E-state index in [1.165, 1.54) is 35.0 Å². The summed E-state index contributed by atoms with van der Waals surface area (Å²) in [6, 6.07) is 9.08. The lowest BCUT2D eigenvalue weighted by atomic mass is 9.88. The highest BCUT2D eigenvalue weighted by molar-refractivity contribution is 5.84. The number of hydrogen-bond acceptors (Lipinski definition) is 2. The van der Waals surface area contributed by atoms with Gasteiger partial charge in [-0.25, -0.2) is 0 Å². The van der Waals surface area contributed by atoms with Crippen LogP contribution in [0.5, 0.6) is 0 Å². The Bertz CT molecular complexity index is 658. The van der Waals surface area contributed by atoms with Gasteiger partial charge in [-0.05, 0) is 56.6 Å². The quantitative estimate of drug-likeness (QED) is 0.808. The van der Waals surface area contributed by atoms with Gasteiger partial charge in [-0.3, -0.25) is 0 Å². The molecule has 2 aromatic rings. The van der Waals surface area contributed by atoms with Crippen molar-refractivity contribution >= 4 is 10.9 Å². The minimum absolute atomic E-state index is 0.0890. The Labute approximate surface area is 125 Å². The summed E-state index contributed by atoms with van der Waals surface area (Å²) < 4.78 is 0. The first-order chi connectivity index (χ1) is 10.2. The van der Waals surface area contributed by atoms with Crippen LogP contribution in [0.15, 0.2) is 24.3 Å². The highest BCUT2D eigenvalue weighted by atomic mass is 16.3.